The summed E-state index contributed by atoms with van der Waals surface area (Å²) in [5.41, 5.74) is 1.44. The molecule has 21 heavy (non-hydrogen) atoms. The summed E-state index contributed by atoms with van der Waals surface area (Å²) in [6, 6.07) is 10.6. The Bertz CT molecular complexity index is 323. The average molecular weight is 320 g/mol. The molecule has 1 fully saturated rings. The van der Waals surface area contributed by atoms with Gasteiger partial charge >= 0.3 is 0 Å². The molecule has 0 unspecified atom stereocenters. The molecule has 0 radical (unpaired) electrons. The Morgan fingerprint density at radius 2 is 1.43 bits per heavy atom. The van der Waals surface area contributed by atoms with E-state index in [9.17, 15) is 0 Å². The summed E-state index contributed by atoms with van der Waals surface area (Å²) in [7, 11) is 0. The van der Waals surface area contributed by atoms with Crippen LogP contribution in [0.2, 0.25) is 0 Å². The van der Waals surface area contributed by atoms with Gasteiger partial charge in [-0.25, -0.2) is 6.42 Å². The summed E-state index contributed by atoms with van der Waals surface area (Å²) in [5.74, 6) is 2.97. The van der Waals surface area contributed by atoms with Gasteiger partial charge in [0.15, 0.2) is 0 Å². The van der Waals surface area contributed by atoms with E-state index < -0.39 is 0 Å². The average Bonchev–Trinajstić information content (AvgIpc) is 2.40. The van der Waals surface area contributed by atoms with Crippen LogP contribution in [0.15, 0.2) is 30.3 Å². The Labute approximate surface area is 143 Å². The molecule has 1 aromatic carbocycles. The molecule has 1 heteroatoms. The smallest absolute Gasteiger partial charge is 0 e. The summed E-state index contributed by atoms with van der Waals surface area (Å²) >= 11 is 0. The first-order chi connectivity index (χ1) is 9.58. The third kappa shape index (κ3) is 11.0. The molecule has 1 saturated carbocycles. The molecule has 0 spiro atoms. The number of hydrogen-bond acceptors (Lipinski definition) is 0. The zero-order chi connectivity index (χ0) is 14.8. The Morgan fingerprint density at radius 1 is 0.857 bits per heavy atom. The van der Waals surface area contributed by atoms with Crippen LogP contribution in [-0.2, 0) is 23.8 Å². The first kappa shape index (κ1) is 20.8. The van der Waals surface area contributed by atoms with E-state index in [2.05, 4.69) is 90.1 Å². The van der Waals surface area contributed by atoms with E-state index in [0.717, 1.165) is 11.8 Å². The van der Waals surface area contributed by atoms with Crippen molar-refractivity contribution in [3.8, 4) is 0 Å². The van der Waals surface area contributed by atoms with Crippen LogP contribution in [-0.4, -0.2) is 0 Å². The molecule has 0 saturated heterocycles. The number of benzene rings is 1. The number of rotatable bonds is 4. The third-order valence-electron chi connectivity index (χ3n) is 2.97. The molecule has 1 aliphatic carbocycles. The maximum atomic E-state index is 2.24. The zero-order valence-electron chi connectivity index (χ0n) is 13.8. The van der Waals surface area contributed by atoms with Gasteiger partial charge in [0.2, 0.25) is 0 Å². The topological polar surface area (TPSA) is 0 Å². The van der Waals surface area contributed by atoms with Crippen LogP contribution in [0.5, 0.6) is 0 Å². The predicted molar refractivity (Wildman–Crippen MR) is 89.2 cm³/mol. The van der Waals surface area contributed by atoms with Crippen molar-refractivity contribution in [2.45, 2.75) is 40.5 Å². The van der Waals surface area contributed by atoms with Gasteiger partial charge in [-0.05, 0) is 17.9 Å². The quantitative estimate of drug-likeness (QED) is 0.640. The monoisotopic (exact) mass is 320 g/mol. The van der Waals surface area contributed by atoms with E-state index in [4.69, 9.17) is 0 Å². The van der Waals surface area contributed by atoms with Crippen LogP contribution in [0.1, 0.15) is 39.7 Å². The van der Waals surface area contributed by atoms with Crippen LogP contribution >= 0.6 is 0 Å². The maximum Gasteiger partial charge on any atom is 0 e. The Morgan fingerprint density at radius 3 is 1.90 bits per heavy atom. The standard InChI is InChI=1S/2C10H14.Cr/c2*1-9(2)8-10-6-4-3-5-7-10;/h2*3-7,9H,8H2,1-2H3;/q;-6;. The largest absolute Gasteiger partial charge is 0.726 e. The van der Waals surface area contributed by atoms with Crippen LogP contribution in [0.3, 0.4) is 0 Å². The minimum absolute atomic E-state index is 0. The third-order valence-corrected chi connectivity index (χ3v) is 2.97. The van der Waals surface area contributed by atoms with Crippen molar-refractivity contribution in [2.24, 2.45) is 11.8 Å². The van der Waals surface area contributed by atoms with E-state index in [-0.39, 0.29) is 17.4 Å². The summed E-state index contributed by atoms with van der Waals surface area (Å²) < 4.78 is 0. The second kappa shape index (κ2) is 12.3. The van der Waals surface area contributed by atoms with E-state index in [0.29, 0.717) is 0 Å². The minimum Gasteiger partial charge on any atom is -0.726 e. The normalized spacial score (nSPS) is 15.3. The molecule has 0 heterocycles. The van der Waals surface area contributed by atoms with Gasteiger partial charge in [-0.1, -0.05) is 63.9 Å². The Balaban J connectivity index is 0.000000364. The Hall–Kier alpha value is -0.248. The summed E-state index contributed by atoms with van der Waals surface area (Å²) in [5, 5.41) is 0. The molecule has 0 aliphatic heterocycles. The van der Waals surface area contributed by atoms with Gasteiger partial charge in [0.1, 0.15) is 0 Å². The van der Waals surface area contributed by atoms with Crippen molar-refractivity contribution in [2.75, 3.05) is 0 Å². The number of hydrogen-bond donors (Lipinski definition) is 0. The molecule has 0 N–H and O–H groups in total. The van der Waals surface area contributed by atoms with Gasteiger partial charge in [0, 0.05) is 17.4 Å². The molecule has 0 aromatic heterocycles. The van der Waals surface area contributed by atoms with Crippen molar-refractivity contribution >= 4 is 0 Å². The molecule has 1 aliphatic rings. The molecule has 0 nitrogen and oxygen atoms in total. The first-order valence-electron chi connectivity index (χ1n) is 7.65. The molecular weight excluding hydrogens is 292 g/mol. The minimum atomic E-state index is 0. The predicted octanol–water partition coefficient (Wildman–Crippen LogP) is 5.52. The van der Waals surface area contributed by atoms with Gasteiger partial charge in [0.25, 0.3) is 0 Å². The second-order valence-electron chi connectivity index (χ2n) is 6.17. The van der Waals surface area contributed by atoms with Crippen LogP contribution < -0.4 is 0 Å². The summed E-state index contributed by atoms with van der Waals surface area (Å²) in [4.78, 5) is 0. The van der Waals surface area contributed by atoms with Crippen molar-refractivity contribution < 1.29 is 17.4 Å². The zero-order valence-corrected chi connectivity index (χ0v) is 15.0. The summed E-state index contributed by atoms with van der Waals surface area (Å²) in [6.45, 7) is 8.97. The van der Waals surface area contributed by atoms with E-state index in [1.807, 2.05) is 0 Å². The van der Waals surface area contributed by atoms with Gasteiger partial charge in [-0.2, -0.15) is 0 Å². The van der Waals surface area contributed by atoms with E-state index >= 15 is 0 Å². The van der Waals surface area contributed by atoms with Crippen LogP contribution in [0, 0.1) is 49.9 Å². The Kier molecular flexibility index (Phi) is 12.2. The molecule has 2 rings (SSSR count). The van der Waals surface area contributed by atoms with Crippen molar-refractivity contribution in [1.82, 2.24) is 0 Å². The molecule has 0 atom stereocenters. The van der Waals surface area contributed by atoms with Crippen molar-refractivity contribution in [3.63, 3.8) is 0 Å². The summed E-state index contributed by atoms with van der Waals surface area (Å²) in [6.07, 6.45) is 13.0. The SMILES string of the molecule is CC(C)C[C-]1[CH-][CH-][CH-][CH-][CH-]1.CC(C)Cc1ccccc1.[Cr]. The fraction of sp³-hybridized carbons (Fsp3) is 0.400. The van der Waals surface area contributed by atoms with Crippen molar-refractivity contribution in [1.29, 1.82) is 0 Å². The fourth-order valence-electron chi connectivity index (χ4n) is 2.17. The van der Waals surface area contributed by atoms with Gasteiger partial charge in [0.05, 0.1) is 0 Å². The first-order valence-corrected chi connectivity index (χ1v) is 7.65. The maximum absolute atomic E-state index is 2.24. The van der Waals surface area contributed by atoms with Crippen LogP contribution in [0.25, 0.3) is 0 Å². The molecule has 0 bridgehead atoms. The van der Waals surface area contributed by atoms with Gasteiger partial charge < -0.3 is 38.0 Å². The molecule has 1 aromatic rings. The molecule has 120 valence electrons. The second-order valence-corrected chi connectivity index (χ2v) is 6.17. The van der Waals surface area contributed by atoms with Gasteiger partial charge in [-0.3, -0.25) is 0 Å². The van der Waals surface area contributed by atoms with E-state index in [1.54, 1.807) is 0 Å². The molecular formula is C20H28Cr-6. The molecule has 0 amide bonds. The van der Waals surface area contributed by atoms with E-state index in [1.165, 1.54) is 24.3 Å². The van der Waals surface area contributed by atoms with Gasteiger partial charge in [-0.15, -0.1) is 0 Å². The fourth-order valence-corrected chi connectivity index (χ4v) is 2.17. The van der Waals surface area contributed by atoms with Crippen LogP contribution in [0.4, 0.5) is 0 Å². The van der Waals surface area contributed by atoms with Crippen molar-refractivity contribution in [3.05, 3.63) is 73.9 Å².